The topological polar surface area (TPSA) is 47.6 Å². The minimum Gasteiger partial charge on any atom is -0.382 e. The van der Waals surface area contributed by atoms with Crippen molar-refractivity contribution in [2.45, 2.75) is 37.9 Å². The lowest BCUT2D eigenvalue weighted by molar-refractivity contribution is 0.0778. The van der Waals surface area contributed by atoms with Gasteiger partial charge in [-0.05, 0) is 12.8 Å². The Morgan fingerprint density at radius 2 is 2.36 bits per heavy atom. The molecule has 0 aromatic heterocycles. The summed E-state index contributed by atoms with van der Waals surface area (Å²) in [6.07, 6.45) is 2.00. The fourth-order valence-electron chi connectivity index (χ4n) is 1.83. The Kier molecular flexibility index (Phi) is 4.20. The Morgan fingerprint density at radius 1 is 1.71 bits per heavy atom. The van der Waals surface area contributed by atoms with E-state index >= 15 is 0 Å². The Balaban J connectivity index is 2.55. The number of hydrogen-bond donors (Lipinski definition) is 1. The maximum absolute atomic E-state index is 11.7. The van der Waals surface area contributed by atoms with Crippen LogP contribution in [0.5, 0.6) is 0 Å². The molecule has 1 N–H and O–H groups in total. The molecule has 1 fully saturated rings. The third-order valence-corrected chi connectivity index (χ3v) is 4.09. The molecule has 2 unspecified atom stereocenters. The summed E-state index contributed by atoms with van der Waals surface area (Å²) in [5, 5.41) is 3.04. The van der Waals surface area contributed by atoms with Crippen molar-refractivity contribution < 1.29 is 13.8 Å². The fraction of sp³-hybridized carbons (Fsp3) is 1.00. The standard InChI is InChI=1S/C8H19BNO3P/c1-4-7-6(5-8(9)13-7)10-14(3,11)12-2/h6-8H,4-5,9H2,1-3H3,(H,10,11)/t6?,7-,8-,14?/m1/s1. The first kappa shape index (κ1) is 12.2. The molecule has 6 heteroatoms. The lowest BCUT2D eigenvalue weighted by Crippen LogP contribution is -2.34. The average molecular weight is 219 g/mol. The summed E-state index contributed by atoms with van der Waals surface area (Å²) in [7, 11) is 0.876. The van der Waals surface area contributed by atoms with Crippen molar-refractivity contribution in [1.29, 1.82) is 0 Å². The van der Waals surface area contributed by atoms with E-state index in [0.717, 1.165) is 12.8 Å². The Morgan fingerprint density at radius 3 is 2.86 bits per heavy atom. The summed E-state index contributed by atoms with van der Waals surface area (Å²) in [6, 6.07) is 0.403. The van der Waals surface area contributed by atoms with Crippen LogP contribution in [0, 0.1) is 0 Å². The van der Waals surface area contributed by atoms with Crippen LogP contribution in [-0.2, 0) is 13.8 Å². The highest BCUT2D eigenvalue weighted by Gasteiger charge is 2.34. The maximum atomic E-state index is 11.7. The number of rotatable bonds is 4. The molecule has 0 bridgehead atoms. The van der Waals surface area contributed by atoms with Crippen LogP contribution in [0.15, 0.2) is 0 Å². The molecule has 1 aliphatic rings. The monoisotopic (exact) mass is 219 g/mol. The van der Waals surface area contributed by atoms with Crippen LogP contribution in [0.2, 0.25) is 0 Å². The summed E-state index contributed by atoms with van der Waals surface area (Å²) >= 11 is 0. The molecule has 0 aromatic rings. The van der Waals surface area contributed by atoms with Crippen LogP contribution in [0.25, 0.3) is 0 Å². The molecule has 1 saturated heterocycles. The minimum atomic E-state index is -2.63. The molecule has 0 aliphatic carbocycles. The van der Waals surface area contributed by atoms with Crippen molar-refractivity contribution in [3.05, 3.63) is 0 Å². The van der Waals surface area contributed by atoms with Crippen LogP contribution < -0.4 is 5.09 Å². The van der Waals surface area contributed by atoms with Crippen LogP contribution in [0.4, 0.5) is 0 Å². The van der Waals surface area contributed by atoms with Gasteiger partial charge in [0.25, 0.3) is 7.52 Å². The number of ether oxygens (including phenoxy) is 1. The summed E-state index contributed by atoms with van der Waals surface area (Å²) in [6.45, 7) is 3.67. The Labute approximate surface area is 86.6 Å². The highest BCUT2D eigenvalue weighted by Crippen LogP contribution is 2.39. The molecule has 0 aromatic carbocycles. The molecule has 1 rings (SSSR count). The van der Waals surface area contributed by atoms with Gasteiger partial charge in [-0.1, -0.05) is 6.92 Å². The van der Waals surface area contributed by atoms with Gasteiger partial charge in [-0.2, -0.15) is 0 Å². The van der Waals surface area contributed by atoms with E-state index in [9.17, 15) is 4.57 Å². The van der Waals surface area contributed by atoms with E-state index in [1.807, 2.05) is 7.85 Å². The second-order valence-corrected chi connectivity index (χ2v) is 6.21. The summed E-state index contributed by atoms with van der Waals surface area (Å²) in [4.78, 5) is 0. The molecule has 0 radical (unpaired) electrons. The van der Waals surface area contributed by atoms with E-state index in [1.165, 1.54) is 7.11 Å². The molecule has 1 aliphatic heterocycles. The van der Waals surface area contributed by atoms with E-state index in [0.29, 0.717) is 0 Å². The fourth-order valence-corrected chi connectivity index (χ4v) is 2.81. The van der Waals surface area contributed by atoms with E-state index in [4.69, 9.17) is 9.26 Å². The van der Waals surface area contributed by atoms with Gasteiger partial charge >= 0.3 is 0 Å². The highest BCUT2D eigenvalue weighted by molar-refractivity contribution is 7.56. The zero-order chi connectivity index (χ0) is 10.8. The van der Waals surface area contributed by atoms with Gasteiger partial charge in [0.05, 0.1) is 6.10 Å². The summed E-state index contributed by atoms with van der Waals surface area (Å²) < 4.78 is 22.3. The second kappa shape index (κ2) is 4.80. The molecule has 0 saturated carbocycles. The normalized spacial score (nSPS) is 36.9. The lowest BCUT2D eigenvalue weighted by Gasteiger charge is -2.21. The first-order valence-corrected chi connectivity index (χ1v) is 7.12. The van der Waals surface area contributed by atoms with Gasteiger partial charge in [-0.25, -0.2) is 5.09 Å². The van der Waals surface area contributed by atoms with Gasteiger partial charge in [-0.3, -0.25) is 4.57 Å². The molecular formula is C8H19BNO3P. The number of hydrogen-bond acceptors (Lipinski definition) is 3. The molecule has 0 spiro atoms. The van der Waals surface area contributed by atoms with E-state index < -0.39 is 7.52 Å². The van der Waals surface area contributed by atoms with Gasteiger partial charge in [0.15, 0.2) is 0 Å². The van der Waals surface area contributed by atoms with Crippen LogP contribution in [-0.4, -0.2) is 39.8 Å². The van der Waals surface area contributed by atoms with Crippen molar-refractivity contribution in [3.8, 4) is 0 Å². The predicted molar refractivity (Wildman–Crippen MR) is 59.6 cm³/mol. The van der Waals surface area contributed by atoms with Crippen LogP contribution in [0.3, 0.4) is 0 Å². The lowest BCUT2D eigenvalue weighted by atomic mass is 9.95. The minimum absolute atomic E-state index is 0.158. The zero-order valence-electron chi connectivity index (χ0n) is 9.32. The van der Waals surface area contributed by atoms with Gasteiger partial charge in [0.1, 0.15) is 7.85 Å². The largest absolute Gasteiger partial charge is 0.382 e. The van der Waals surface area contributed by atoms with Crippen molar-refractivity contribution in [3.63, 3.8) is 0 Å². The van der Waals surface area contributed by atoms with Crippen molar-refractivity contribution in [2.24, 2.45) is 0 Å². The average Bonchev–Trinajstić information content (AvgIpc) is 2.45. The highest BCUT2D eigenvalue weighted by atomic mass is 31.2. The van der Waals surface area contributed by atoms with Crippen LogP contribution in [0.1, 0.15) is 19.8 Å². The molecule has 82 valence electrons. The molecule has 14 heavy (non-hydrogen) atoms. The molecule has 4 nitrogen and oxygen atoms in total. The molecule has 0 amide bonds. The first-order valence-electron chi connectivity index (χ1n) is 5.05. The Hall–Kier alpha value is 0.175. The van der Waals surface area contributed by atoms with Gasteiger partial charge in [0.2, 0.25) is 0 Å². The summed E-state index contributed by atoms with van der Waals surface area (Å²) in [5.41, 5.74) is 0. The quantitative estimate of drug-likeness (QED) is 0.554. The molecule has 1 heterocycles. The predicted octanol–water partition coefficient (Wildman–Crippen LogP) is 0.572. The van der Waals surface area contributed by atoms with Crippen LogP contribution >= 0.6 is 7.52 Å². The zero-order valence-corrected chi connectivity index (χ0v) is 10.2. The van der Waals surface area contributed by atoms with Gasteiger partial charge in [-0.15, -0.1) is 0 Å². The van der Waals surface area contributed by atoms with Gasteiger partial charge in [0, 0.05) is 25.8 Å². The second-order valence-electron chi connectivity index (χ2n) is 3.89. The van der Waals surface area contributed by atoms with E-state index in [2.05, 4.69) is 12.0 Å². The van der Waals surface area contributed by atoms with E-state index in [-0.39, 0.29) is 18.1 Å². The third-order valence-electron chi connectivity index (χ3n) is 2.59. The van der Waals surface area contributed by atoms with Crippen molar-refractivity contribution >= 4 is 15.4 Å². The number of nitrogens with one attached hydrogen (secondary N) is 1. The SMILES string of the molecule is B[C@H]1CC(NP(C)(=O)OC)[C@@H](CC)O1. The van der Waals surface area contributed by atoms with Crippen molar-refractivity contribution in [2.75, 3.05) is 13.8 Å². The van der Waals surface area contributed by atoms with Gasteiger partial charge < -0.3 is 9.26 Å². The molecular weight excluding hydrogens is 200 g/mol. The third kappa shape index (κ3) is 3.09. The molecule has 4 atom stereocenters. The van der Waals surface area contributed by atoms with Crippen molar-refractivity contribution in [1.82, 2.24) is 5.09 Å². The smallest absolute Gasteiger partial charge is 0.266 e. The summed E-state index contributed by atoms with van der Waals surface area (Å²) in [5.74, 6) is 0. The van der Waals surface area contributed by atoms with E-state index in [1.54, 1.807) is 6.66 Å². The Bertz CT molecular complexity index is 239. The maximum Gasteiger partial charge on any atom is 0.266 e. The first-order chi connectivity index (χ1) is 6.48.